The van der Waals surface area contributed by atoms with Gasteiger partial charge in [-0.2, -0.15) is 0 Å². The van der Waals surface area contributed by atoms with E-state index in [1.54, 1.807) is 15.9 Å². The lowest BCUT2D eigenvalue weighted by Gasteiger charge is -2.22. The van der Waals surface area contributed by atoms with E-state index in [1.807, 2.05) is 31.2 Å². The van der Waals surface area contributed by atoms with E-state index >= 15 is 0 Å². The molecule has 3 aromatic rings. The number of benzene rings is 2. The molecule has 0 atom stereocenters. The number of carbonyl (C=O) groups is 2. The van der Waals surface area contributed by atoms with Crippen LogP contribution >= 0.6 is 22.9 Å². The van der Waals surface area contributed by atoms with Gasteiger partial charge in [-0.25, -0.2) is 4.39 Å². The minimum absolute atomic E-state index is 0.0154. The fourth-order valence-electron chi connectivity index (χ4n) is 3.60. The second-order valence-corrected chi connectivity index (χ2v) is 8.62. The fraction of sp³-hybridized carbons (Fsp3) is 0.273. The first-order chi connectivity index (χ1) is 13.9. The molecule has 0 spiro atoms. The topological polar surface area (TPSA) is 40.6 Å². The lowest BCUT2D eigenvalue weighted by molar-refractivity contribution is 0.0721. The van der Waals surface area contributed by atoms with E-state index in [0.717, 1.165) is 5.56 Å². The molecule has 0 radical (unpaired) electrons. The van der Waals surface area contributed by atoms with E-state index in [9.17, 15) is 14.0 Å². The van der Waals surface area contributed by atoms with E-state index in [1.165, 1.54) is 23.5 Å². The third kappa shape index (κ3) is 4.00. The van der Waals surface area contributed by atoms with Crippen LogP contribution in [0.1, 0.15) is 32.0 Å². The Morgan fingerprint density at radius 2 is 1.72 bits per heavy atom. The number of thiophene rings is 1. The summed E-state index contributed by atoms with van der Waals surface area (Å²) in [6.45, 7) is 4.02. The van der Waals surface area contributed by atoms with Crippen molar-refractivity contribution in [3.8, 4) is 0 Å². The number of hydrogen-bond acceptors (Lipinski definition) is 3. The Bertz CT molecular complexity index is 1100. The Hall–Kier alpha value is -2.44. The molecule has 0 unspecified atom stereocenters. The molecule has 1 aliphatic heterocycles. The number of amides is 2. The summed E-state index contributed by atoms with van der Waals surface area (Å²) in [5.41, 5.74) is 1.71. The Morgan fingerprint density at radius 3 is 2.45 bits per heavy atom. The van der Waals surface area contributed by atoms with Crippen LogP contribution in [0.25, 0.3) is 10.1 Å². The summed E-state index contributed by atoms with van der Waals surface area (Å²) in [4.78, 5) is 29.8. The molecular weight excluding hydrogens is 411 g/mol. The first-order valence-electron chi connectivity index (χ1n) is 9.47. The predicted molar refractivity (Wildman–Crippen MR) is 114 cm³/mol. The van der Waals surface area contributed by atoms with E-state index in [4.69, 9.17) is 11.6 Å². The van der Waals surface area contributed by atoms with Crippen molar-refractivity contribution in [1.82, 2.24) is 9.80 Å². The van der Waals surface area contributed by atoms with Crippen LogP contribution in [0.5, 0.6) is 0 Å². The highest BCUT2D eigenvalue weighted by molar-refractivity contribution is 7.21. The highest BCUT2D eigenvalue weighted by Crippen LogP contribution is 2.36. The smallest absolute Gasteiger partial charge is 0.265 e. The molecule has 29 heavy (non-hydrogen) atoms. The molecule has 4 nitrogen and oxygen atoms in total. The van der Waals surface area contributed by atoms with Crippen molar-refractivity contribution in [2.24, 2.45) is 0 Å². The van der Waals surface area contributed by atoms with Gasteiger partial charge in [0, 0.05) is 41.8 Å². The summed E-state index contributed by atoms with van der Waals surface area (Å²) < 4.78 is 14.2. The van der Waals surface area contributed by atoms with Crippen LogP contribution in [0, 0.1) is 12.7 Å². The van der Waals surface area contributed by atoms with Gasteiger partial charge in [-0.1, -0.05) is 29.3 Å². The van der Waals surface area contributed by atoms with Gasteiger partial charge in [0.15, 0.2) is 0 Å². The van der Waals surface area contributed by atoms with Crippen LogP contribution in [0.3, 0.4) is 0 Å². The van der Waals surface area contributed by atoms with Crippen molar-refractivity contribution in [3.63, 3.8) is 0 Å². The summed E-state index contributed by atoms with van der Waals surface area (Å²) in [5, 5.41) is 1.06. The number of fused-ring (bicyclic) bond motifs is 1. The number of nitrogens with zero attached hydrogens (tertiary/aromatic N) is 2. The molecule has 0 saturated carbocycles. The molecule has 2 heterocycles. The van der Waals surface area contributed by atoms with Gasteiger partial charge in [-0.05, 0) is 43.7 Å². The second kappa shape index (κ2) is 8.13. The Balaban J connectivity index is 1.50. The lowest BCUT2D eigenvalue weighted by Crippen LogP contribution is -2.37. The number of rotatable bonds is 2. The number of hydrogen-bond donors (Lipinski definition) is 0. The summed E-state index contributed by atoms with van der Waals surface area (Å²) in [6.07, 6.45) is 0.695. The molecule has 0 N–H and O–H groups in total. The van der Waals surface area contributed by atoms with Crippen molar-refractivity contribution in [3.05, 3.63) is 69.3 Å². The Labute approximate surface area is 177 Å². The monoisotopic (exact) mass is 430 g/mol. The van der Waals surface area contributed by atoms with Crippen LogP contribution in [0.15, 0.2) is 42.5 Å². The molecule has 2 aromatic carbocycles. The molecule has 1 aliphatic rings. The minimum Gasteiger partial charge on any atom is -0.337 e. The van der Waals surface area contributed by atoms with Gasteiger partial charge in [0.2, 0.25) is 0 Å². The van der Waals surface area contributed by atoms with Crippen LogP contribution in [0.2, 0.25) is 5.02 Å². The highest BCUT2D eigenvalue weighted by atomic mass is 35.5. The maximum atomic E-state index is 13.5. The molecule has 150 valence electrons. The summed E-state index contributed by atoms with van der Waals surface area (Å²) >= 11 is 7.62. The summed E-state index contributed by atoms with van der Waals surface area (Å²) in [7, 11) is 0. The minimum atomic E-state index is -0.352. The zero-order valence-electron chi connectivity index (χ0n) is 16.0. The molecule has 1 fully saturated rings. The third-order valence-corrected chi connectivity index (χ3v) is 6.77. The lowest BCUT2D eigenvalue weighted by atomic mass is 10.1. The highest BCUT2D eigenvalue weighted by Gasteiger charge is 2.26. The van der Waals surface area contributed by atoms with Gasteiger partial charge < -0.3 is 9.80 Å². The molecule has 2 amide bonds. The molecular formula is C22H20ClFN2O2S. The second-order valence-electron chi connectivity index (χ2n) is 7.19. The van der Waals surface area contributed by atoms with Gasteiger partial charge in [0.05, 0.1) is 5.02 Å². The molecule has 7 heteroatoms. The average molecular weight is 431 g/mol. The van der Waals surface area contributed by atoms with Gasteiger partial charge in [-0.15, -0.1) is 11.3 Å². The average Bonchev–Trinajstić information content (AvgIpc) is 2.88. The molecule has 1 saturated heterocycles. The first kappa shape index (κ1) is 19.9. The van der Waals surface area contributed by atoms with E-state index in [0.29, 0.717) is 58.1 Å². The molecule has 0 aliphatic carbocycles. The third-order valence-electron chi connectivity index (χ3n) is 5.12. The van der Waals surface area contributed by atoms with Crippen molar-refractivity contribution in [2.75, 3.05) is 26.2 Å². The van der Waals surface area contributed by atoms with Crippen molar-refractivity contribution in [2.45, 2.75) is 13.3 Å². The van der Waals surface area contributed by atoms with Crippen molar-refractivity contribution in [1.29, 1.82) is 0 Å². The normalized spacial score (nSPS) is 14.9. The standard InChI is InChI=1S/C22H20ClFN2O2S/c1-14-4-2-5-15(12-14)21(27)25-8-3-9-26(11-10-25)22(28)20-19(23)17-7-6-16(24)13-18(17)29-20/h2,4-7,12-13H,3,8-11H2,1H3. The fourth-order valence-corrected chi connectivity index (χ4v) is 5.11. The van der Waals surface area contributed by atoms with Gasteiger partial charge in [0.1, 0.15) is 10.7 Å². The van der Waals surface area contributed by atoms with Gasteiger partial charge in [0.25, 0.3) is 11.8 Å². The van der Waals surface area contributed by atoms with E-state index in [2.05, 4.69) is 0 Å². The van der Waals surface area contributed by atoms with Crippen molar-refractivity contribution < 1.29 is 14.0 Å². The summed E-state index contributed by atoms with van der Waals surface area (Å²) in [5.74, 6) is -0.533. The van der Waals surface area contributed by atoms with Crippen LogP contribution < -0.4 is 0 Å². The maximum Gasteiger partial charge on any atom is 0.265 e. The van der Waals surface area contributed by atoms with Gasteiger partial charge in [-0.3, -0.25) is 9.59 Å². The van der Waals surface area contributed by atoms with Crippen LogP contribution in [-0.2, 0) is 0 Å². The Kier molecular flexibility index (Phi) is 5.56. The van der Waals surface area contributed by atoms with E-state index in [-0.39, 0.29) is 17.6 Å². The van der Waals surface area contributed by atoms with E-state index < -0.39 is 0 Å². The number of carbonyl (C=O) groups excluding carboxylic acids is 2. The number of halogens is 2. The predicted octanol–water partition coefficient (Wildman–Crippen LogP) is 4.99. The largest absolute Gasteiger partial charge is 0.337 e. The van der Waals surface area contributed by atoms with Crippen LogP contribution in [-0.4, -0.2) is 47.8 Å². The first-order valence-corrected chi connectivity index (χ1v) is 10.7. The molecule has 4 rings (SSSR count). The number of aryl methyl sites for hydroxylation is 1. The zero-order chi connectivity index (χ0) is 20.5. The molecule has 1 aromatic heterocycles. The van der Waals surface area contributed by atoms with Gasteiger partial charge >= 0.3 is 0 Å². The van der Waals surface area contributed by atoms with Crippen molar-refractivity contribution >= 4 is 44.8 Å². The maximum absolute atomic E-state index is 13.5. The SMILES string of the molecule is Cc1cccc(C(=O)N2CCCN(C(=O)c3sc4cc(F)ccc4c3Cl)CC2)c1. The quantitative estimate of drug-likeness (QED) is 0.574. The molecule has 0 bridgehead atoms. The zero-order valence-corrected chi connectivity index (χ0v) is 17.5. The Morgan fingerprint density at radius 1 is 1.00 bits per heavy atom. The van der Waals surface area contributed by atoms with Crippen LogP contribution in [0.4, 0.5) is 4.39 Å². The summed E-state index contributed by atoms with van der Waals surface area (Å²) in [6, 6.07) is 11.9.